The Morgan fingerprint density at radius 3 is 2.80 bits per heavy atom. The molecule has 0 atom stereocenters. The lowest BCUT2D eigenvalue weighted by Crippen LogP contribution is -2.32. The van der Waals surface area contributed by atoms with Crippen LogP contribution in [0.5, 0.6) is 0 Å². The number of fused-ring (bicyclic) bond motifs is 2. The summed E-state index contributed by atoms with van der Waals surface area (Å²) >= 11 is 3.35. The van der Waals surface area contributed by atoms with Crippen molar-refractivity contribution < 1.29 is 4.79 Å². The Bertz CT molecular complexity index is 1280. The van der Waals surface area contributed by atoms with Gasteiger partial charge in [-0.25, -0.2) is 9.78 Å². The van der Waals surface area contributed by atoms with Gasteiger partial charge in [-0.3, -0.25) is 18.6 Å². The Balaban J connectivity index is 1.93. The molecule has 1 N–H and O–H groups in total. The van der Waals surface area contributed by atoms with E-state index in [9.17, 15) is 14.4 Å². The van der Waals surface area contributed by atoms with Gasteiger partial charge in [0.2, 0.25) is 5.78 Å². The topological polar surface area (TPSA) is 89.2 Å². The number of hydrogen-bond acceptors (Lipinski definition) is 4. The molecule has 0 radical (unpaired) electrons. The van der Waals surface area contributed by atoms with E-state index in [1.807, 2.05) is 12.1 Å². The summed E-state index contributed by atoms with van der Waals surface area (Å²) in [4.78, 5) is 43.7. The van der Waals surface area contributed by atoms with Gasteiger partial charge in [0.15, 0.2) is 5.82 Å². The molecule has 3 aromatic heterocycles. The van der Waals surface area contributed by atoms with Crippen LogP contribution >= 0.6 is 15.9 Å². The van der Waals surface area contributed by atoms with Crippen LogP contribution in [0.3, 0.4) is 0 Å². The van der Waals surface area contributed by atoms with E-state index in [1.165, 1.54) is 13.1 Å². The van der Waals surface area contributed by atoms with Gasteiger partial charge in [0.05, 0.1) is 16.4 Å². The van der Waals surface area contributed by atoms with Crippen LogP contribution in [0.25, 0.3) is 16.4 Å². The highest BCUT2D eigenvalue weighted by atomic mass is 79.9. The zero-order valence-corrected chi connectivity index (χ0v) is 14.6. The second kappa shape index (κ2) is 5.52. The second-order valence-corrected chi connectivity index (χ2v) is 6.32. The molecule has 0 unspecified atom stereocenters. The smallest absolute Gasteiger partial charge is 0.307 e. The number of aromatic nitrogens is 4. The van der Waals surface area contributed by atoms with E-state index in [2.05, 4.69) is 25.9 Å². The van der Waals surface area contributed by atoms with Gasteiger partial charge < -0.3 is 4.98 Å². The molecule has 0 aliphatic heterocycles. The zero-order valence-electron chi connectivity index (χ0n) is 13.0. The van der Waals surface area contributed by atoms with E-state index in [1.54, 1.807) is 28.8 Å². The van der Waals surface area contributed by atoms with Crippen LogP contribution in [0.4, 0.5) is 0 Å². The minimum absolute atomic E-state index is 0.239. The van der Waals surface area contributed by atoms with E-state index in [4.69, 9.17) is 0 Å². The maximum Gasteiger partial charge on any atom is 0.328 e. The summed E-state index contributed by atoms with van der Waals surface area (Å²) in [5, 5.41) is 0.271. The third kappa shape index (κ3) is 2.33. The number of rotatable bonds is 2. The lowest BCUT2D eigenvalue weighted by Gasteiger charge is -2.04. The maximum absolute atomic E-state index is 12.9. The van der Waals surface area contributed by atoms with Crippen molar-refractivity contribution >= 4 is 38.1 Å². The lowest BCUT2D eigenvalue weighted by molar-refractivity contribution is 0.102. The van der Waals surface area contributed by atoms with Crippen LogP contribution in [-0.2, 0) is 7.05 Å². The molecule has 4 rings (SSSR count). The fourth-order valence-electron chi connectivity index (χ4n) is 2.73. The number of nitrogens with one attached hydrogen (secondary N) is 1. The fourth-order valence-corrected chi connectivity index (χ4v) is 3.22. The molecule has 124 valence electrons. The Labute approximate surface area is 148 Å². The standard InChI is InChI=1S/C17H11BrN4O3/c1-21-16(24)10-8-9(5-6-11(10)19-17(21)25)13(23)15-20-14(18)12-4-2-3-7-22(12)15/h2-8H,1H3,(H,19,25). The van der Waals surface area contributed by atoms with Crippen molar-refractivity contribution in [1.29, 1.82) is 0 Å². The summed E-state index contributed by atoms with van der Waals surface area (Å²) in [6.45, 7) is 0. The van der Waals surface area contributed by atoms with Crippen molar-refractivity contribution in [3.8, 4) is 0 Å². The highest BCUT2D eigenvalue weighted by molar-refractivity contribution is 9.10. The van der Waals surface area contributed by atoms with E-state index in [0.29, 0.717) is 15.7 Å². The Morgan fingerprint density at radius 2 is 2.00 bits per heavy atom. The largest absolute Gasteiger partial charge is 0.328 e. The number of benzene rings is 1. The first-order valence-electron chi connectivity index (χ1n) is 7.38. The molecule has 1 aromatic carbocycles. The molecule has 7 nitrogen and oxygen atoms in total. The number of aromatic amines is 1. The third-order valence-corrected chi connectivity index (χ3v) is 4.65. The monoisotopic (exact) mass is 398 g/mol. The Morgan fingerprint density at radius 1 is 1.20 bits per heavy atom. The van der Waals surface area contributed by atoms with Crippen LogP contribution in [0.15, 0.2) is 56.8 Å². The molecule has 0 saturated carbocycles. The highest BCUT2D eigenvalue weighted by Gasteiger charge is 2.18. The van der Waals surface area contributed by atoms with Crippen LogP contribution in [0, 0.1) is 0 Å². The van der Waals surface area contributed by atoms with Gasteiger partial charge in [-0.2, -0.15) is 0 Å². The number of pyridine rings is 1. The summed E-state index contributed by atoms with van der Waals surface area (Å²) in [5.41, 5.74) is 0.521. The van der Waals surface area contributed by atoms with Crippen LogP contribution < -0.4 is 11.2 Å². The number of halogens is 1. The number of nitrogens with zero attached hydrogens (tertiary/aromatic N) is 3. The summed E-state index contributed by atoms with van der Waals surface area (Å²) in [5.74, 6) is -0.0786. The first-order chi connectivity index (χ1) is 12.0. The molecule has 25 heavy (non-hydrogen) atoms. The maximum atomic E-state index is 12.9. The summed E-state index contributed by atoms with van der Waals surface area (Å²) in [7, 11) is 1.38. The van der Waals surface area contributed by atoms with Crippen molar-refractivity contribution in [2.75, 3.05) is 0 Å². The van der Waals surface area contributed by atoms with Gasteiger partial charge in [0.25, 0.3) is 5.56 Å². The van der Waals surface area contributed by atoms with Gasteiger partial charge >= 0.3 is 5.69 Å². The molecule has 0 aliphatic carbocycles. The quantitative estimate of drug-likeness (QED) is 0.522. The summed E-state index contributed by atoms with van der Waals surface area (Å²) in [6.07, 6.45) is 1.75. The number of ketones is 1. The molecule has 0 amide bonds. The van der Waals surface area contributed by atoms with Gasteiger partial charge in [-0.05, 0) is 46.3 Å². The van der Waals surface area contributed by atoms with Crippen LogP contribution in [-0.4, -0.2) is 24.7 Å². The molecule has 0 saturated heterocycles. The number of H-pyrrole nitrogens is 1. The van der Waals surface area contributed by atoms with E-state index in [0.717, 1.165) is 10.1 Å². The first kappa shape index (κ1) is 15.5. The van der Waals surface area contributed by atoms with Crippen LogP contribution in [0.2, 0.25) is 0 Å². The average Bonchev–Trinajstić information content (AvgIpc) is 2.96. The van der Waals surface area contributed by atoms with Gasteiger partial charge in [-0.15, -0.1) is 0 Å². The minimum Gasteiger partial charge on any atom is -0.307 e. The van der Waals surface area contributed by atoms with E-state index in [-0.39, 0.29) is 17.0 Å². The first-order valence-corrected chi connectivity index (χ1v) is 8.17. The zero-order chi connectivity index (χ0) is 17.7. The molecule has 8 heteroatoms. The SMILES string of the molecule is Cn1c(=O)[nH]c2ccc(C(=O)c3nc(Br)c4ccccn34)cc2c1=O. The Hall–Kier alpha value is -3.00. The van der Waals surface area contributed by atoms with Crippen LogP contribution in [0.1, 0.15) is 16.2 Å². The Kier molecular flexibility index (Phi) is 3.43. The second-order valence-electron chi connectivity index (χ2n) is 5.57. The molecule has 3 heterocycles. The molecular weight excluding hydrogens is 388 g/mol. The highest BCUT2D eigenvalue weighted by Crippen LogP contribution is 2.21. The molecule has 4 aromatic rings. The third-order valence-electron chi connectivity index (χ3n) is 4.07. The normalized spacial score (nSPS) is 11.3. The number of carbonyl (C=O) groups is 1. The van der Waals surface area contributed by atoms with E-state index < -0.39 is 11.2 Å². The van der Waals surface area contributed by atoms with Crippen molar-refractivity contribution in [1.82, 2.24) is 18.9 Å². The predicted molar refractivity (Wildman–Crippen MR) is 96.1 cm³/mol. The predicted octanol–water partition coefficient (Wildman–Crippen LogP) is 1.87. The van der Waals surface area contributed by atoms with Crippen molar-refractivity contribution in [2.24, 2.45) is 7.05 Å². The van der Waals surface area contributed by atoms with Gasteiger partial charge in [0, 0.05) is 18.8 Å². The number of imidazole rings is 1. The number of carbonyl (C=O) groups excluding carboxylic acids is 1. The summed E-state index contributed by atoms with van der Waals surface area (Å²) < 4.78 is 3.22. The van der Waals surface area contributed by atoms with Gasteiger partial charge in [-0.1, -0.05) is 6.07 Å². The van der Waals surface area contributed by atoms with Crippen molar-refractivity contribution in [2.45, 2.75) is 0 Å². The molecule has 0 bridgehead atoms. The average molecular weight is 399 g/mol. The molecular formula is C17H11BrN4O3. The van der Waals surface area contributed by atoms with E-state index >= 15 is 0 Å². The summed E-state index contributed by atoms with van der Waals surface area (Å²) in [6, 6.07) is 10.1. The molecule has 0 spiro atoms. The number of hydrogen-bond donors (Lipinski definition) is 1. The minimum atomic E-state index is -0.500. The lowest BCUT2D eigenvalue weighted by atomic mass is 10.1. The fraction of sp³-hybridized carbons (Fsp3) is 0.0588. The molecule has 0 aliphatic rings. The van der Waals surface area contributed by atoms with Crippen molar-refractivity contribution in [3.05, 3.63) is 79.4 Å². The van der Waals surface area contributed by atoms with Crippen molar-refractivity contribution in [3.63, 3.8) is 0 Å². The van der Waals surface area contributed by atoms with Gasteiger partial charge in [0.1, 0.15) is 4.60 Å². The molecule has 0 fully saturated rings.